The highest BCUT2D eigenvalue weighted by molar-refractivity contribution is 5.79. The van der Waals surface area contributed by atoms with E-state index in [2.05, 4.69) is 0 Å². The highest BCUT2D eigenvalue weighted by Crippen LogP contribution is 2.35. The van der Waals surface area contributed by atoms with Crippen molar-refractivity contribution in [1.82, 2.24) is 14.5 Å². The molecule has 2 aromatic carbocycles. The molecule has 0 aliphatic heterocycles. The van der Waals surface area contributed by atoms with Gasteiger partial charge in [-0.3, -0.25) is 19.0 Å². The van der Waals surface area contributed by atoms with Crippen molar-refractivity contribution in [3.8, 4) is 0 Å². The molecule has 31 heavy (non-hydrogen) atoms. The molecule has 0 unspecified atom stereocenters. The maximum atomic E-state index is 13.0. The summed E-state index contributed by atoms with van der Waals surface area (Å²) in [4.78, 5) is 43.7. The lowest BCUT2D eigenvalue weighted by atomic mass is 10.1. The molecule has 1 aliphatic rings. The third-order valence-corrected chi connectivity index (χ3v) is 5.55. The minimum Gasteiger partial charge on any atom is -0.370 e. The molecule has 0 bridgehead atoms. The summed E-state index contributed by atoms with van der Waals surface area (Å²) in [6.07, 6.45) is 2.61. The Labute approximate surface area is 180 Å². The van der Waals surface area contributed by atoms with Gasteiger partial charge in [-0.2, -0.15) is 0 Å². The molecule has 1 heterocycles. The van der Waals surface area contributed by atoms with E-state index in [-0.39, 0.29) is 36.9 Å². The number of primary amides is 1. The summed E-state index contributed by atoms with van der Waals surface area (Å²) in [5.74, 6) is 0.119. The van der Waals surface area contributed by atoms with Crippen molar-refractivity contribution in [2.24, 2.45) is 5.73 Å². The van der Waals surface area contributed by atoms with Crippen LogP contribution in [0.25, 0.3) is 10.9 Å². The lowest BCUT2D eigenvalue weighted by Crippen LogP contribution is -2.34. The minimum atomic E-state index is -0.440. The molecular formula is C24H26N4O3. The van der Waals surface area contributed by atoms with Crippen LogP contribution in [0.1, 0.15) is 43.1 Å². The number of carbonyl (C=O) groups is 2. The molecule has 3 aromatic rings. The van der Waals surface area contributed by atoms with Crippen molar-refractivity contribution < 1.29 is 9.59 Å². The molecule has 1 aliphatic carbocycles. The van der Waals surface area contributed by atoms with E-state index in [1.165, 1.54) is 0 Å². The van der Waals surface area contributed by atoms with Gasteiger partial charge in [0, 0.05) is 38.4 Å². The van der Waals surface area contributed by atoms with E-state index in [0.717, 1.165) is 18.4 Å². The van der Waals surface area contributed by atoms with Crippen LogP contribution in [0.2, 0.25) is 0 Å². The second kappa shape index (κ2) is 9.12. The van der Waals surface area contributed by atoms with Crippen LogP contribution in [0, 0.1) is 0 Å². The first kappa shape index (κ1) is 20.8. The Kier molecular flexibility index (Phi) is 6.11. The predicted octanol–water partition coefficient (Wildman–Crippen LogP) is 2.57. The molecule has 4 rings (SSSR count). The Morgan fingerprint density at radius 3 is 2.45 bits per heavy atom. The van der Waals surface area contributed by atoms with Gasteiger partial charge in [0.2, 0.25) is 11.8 Å². The van der Waals surface area contributed by atoms with Gasteiger partial charge in [-0.05, 0) is 30.5 Å². The lowest BCUT2D eigenvalue weighted by molar-refractivity contribution is -0.132. The maximum absolute atomic E-state index is 13.0. The molecule has 7 nitrogen and oxygen atoms in total. The van der Waals surface area contributed by atoms with Crippen LogP contribution in [-0.4, -0.2) is 32.8 Å². The van der Waals surface area contributed by atoms with Gasteiger partial charge >= 0.3 is 0 Å². The number of nitrogens with zero attached hydrogens (tertiary/aromatic N) is 3. The predicted molar refractivity (Wildman–Crippen MR) is 118 cm³/mol. The Morgan fingerprint density at radius 2 is 1.74 bits per heavy atom. The van der Waals surface area contributed by atoms with E-state index < -0.39 is 5.91 Å². The Bertz CT molecular complexity index is 1150. The van der Waals surface area contributed by atoms with E-state index in [1.807, 2.05) is 48.5 Å². The van der Waals surface area contributed by atoms with Crippen molar-refractivity contribution in [3.63, 3.8) is 0 Å². The van der Waals surface area contributed by atoms with Crippen molar-refractivity contribution in [3.05, 3.63) is 76.3 Å². The topological polar surface area (TPSA) is 98.3 Å². The van der Waals surface area contributed by atoms with Crippen molar-refractivity contribution in [2.45, 2.75) is 44.7 Å². The molecule has 1 fully saturated rings. The quantitative estimate of drug-likeness (QED) is 0.577. The number of rotatable bonds is 9. The Hall–Kier alpha value is -3.48. The van der Waals surface area contributed by atoms with Crippen LogP contribution in [0.4, 0.5) is 0 Å². The van der Waals surface area contributed by atoms with E-state index in [9.17, 15) is 14.4 Å². The second-order valence-corrected chi connectivity index (χ2v) is 7.97. The van der Waals surface area contributed by atoms with E-state index in [4.69, 9.17) is 10.7 Å². The first-order valence-corrected chi connectivity index (χ1v) is 10.6. The number of hydrogen-bond acceptors (Lipinski definition) is 4. The Morgan fingerprint density at radius 1 is 1.03 bits per heavy atom. The third kappa shape index (κ3) is 4.99. The van der Waals surface area contributed by atoms with Gasteiger partial charge in [-0.15, -0.1) is 0 Å². The van der Waals surface area contributed by atoms with Gasteiger partial charge in [0.1, 0.15) is 5.82 Å². The summed E-state index contributed by atoms with van der Waals surface area (Å²) in [7, 11) is 0. The van der Waals surface area contributed by atoms with Gasteiger partial charge in [-0.25, -0.2) is 4.98 Å². The number of para-hydroxylation sites is 1. The van der Waals surface area contributed by atoms with Crippen molar-refractivity contribution in [1.29, 1.82) is 0 Å². The van der Waals surface area contributed by atoms with Crippen LogP contribution >= 0.6 is 0 Å². The van der Waals surface area contributed by atoms with E-state index >= 15 is 0 Å². The van der Waals surface area contributed by atoms with E-state index in [1.54, 1.807) is 15.5 Å². The molecule has 0 saturated heterocycles. The van der Waals surface area contributed by atoms with Gasteiger partial charge in [-0.1, -0.05) is 42.5 Å². The zero-order chi connectivity index (χ0) is 21.8. The number of aromatic nitrogens is 2. The van der Waals surface area contributed by atoms with Crippen LogP contribution in [0.5, 0.6) is 0 Å². The zero-order valence-electron chi connectivity index (χ0n) is 17.4. The summed E-state index contributed by atoms with van der Waals surface area (Å²) in [6, 6.07) is 17.1. The van der Waals surface area contributed by atoms with Crippen LogP contribution < -0.4 is 11.3 Å². The van der Waals surface area contributed by atoms with Gasteiger partial charge < -0.3 is 10.6 Å². The fourth-order valence-electron chi connectivity index (χ4n) is 3.80. The number of fused-ring (bicyclic) bond motifs is 1. The largest absolute Gasteiger partial charge is 0.370 e. The molecule has 7 heteroatoms. The number of amides is 2. The van der Waals surface area contributed by atoms with E-state index in [0.29, 0.717) is 29.7 Å². The average molecular weight is 418 g/mol. The molecule has 0 spiro atoms. The Balaban J connectivity index is 1.54. The van der Waals surface area contributed by atoms with Gasteiger partial charge in [0.25, 0.3) is 5.56 Å². The second-order valence-electron chi connectivity index (χ2n) is 7.97. The SMILES string of the molecule is NC(=O)CCN(Cc1ccccc1)C(=O)CCc1nc2ccccc2c(=O)n1C1CC1. The molecule has 1 saturated carbocycles. The summed E-state index contributed by atoms with van der Waals surface area (Å²) in [6.45, 7) is 0.678. The minimum absolute atomic E-state index is 0.0366. The van der Waals surface area contributed by atoms with Crippen LogP contribution in [0.15, 0.2) is 59.4 Å². The third-order valence-electron chi connectivity index (χ3n) is 5.55. The first-order valence-electron chi connectivity index (χ1n) is 10.6. The number of nitrogens with two attached hydrogens (primary N) is 1. The molecule has 0 radical (unpaired) electrons. The summed E-state index contributed by atoms with van der Waals surface area (Å²) in [5, 5.41) is 0.608. The van der Waals surface area contributed by atoms with Crippen molar-refractivity contribution >= 4 is 22.7 Å². The molecule has 160 valence electrons. The fourth-order valence-corrected chi connectivity index (χ4v) is 3.80. The normalized spacial score (nSPS) is 13.3. The zero-order valence-corrected chi connectivity index (χ0v) is 17.4. The maximum Gasteiger partial charge on any atom is 0.261 e. The summed E-state index contributed by atoms with van der Waals surface area (Å²) < 4.78 is 1.76. The standard InChI is InChI=1S/C24H26N4O3/c25-21(29)14-15-27(16-17-6-2-1-3-7-17)23(30)13-12-22-26-20-9-5-4-8-19(20)24(31)28(22)18-10-11-18/h1-9,18H,10-16H2,(H2,25,29). The average Bonchev–Trinajstić information content (AvgIpc) is 3.60. The highest BCUT2D eigenvalue weighted by atomic mass is 16.2. The molecule has 0 atom stereocenters. The smallest absolute Gasteiger partial charge is 0.261 e. The number of aryl methyl sites for hydroxylation is 1. The van der Waals surface area contributed by atoms with Gasteiger partial charge in [0.05, 0.1) is 10.9 Å². The number of carbonyl (C=O) groups excluding carboxylic acids is 2. The summed E-state index contributed by atoms with van der Waals surface area (Å²) >= 11 is 0. The van der Waals surface area contributed by atoms with Gasteiger partial charge in [0.15, 0.2) is 0 Å². The van der Waals surface area contributed by atoms with Crippen LogP contribution in [0.3, 0.4) is 0 Å². The highest BCUT2D eigenvalue weighted by Gasteiger charge is 2.28. The molecule has 1 aromatic heterocycles. The fraction of sp³-hybridized carbons (Fsp3) is 0.333. The number of benzene rings is 2. The molecule has 2 N–H and O–H groups in total. The van der Waals surface area contributed by atoms with Crippen LogP contribution in [-0.2, 0) is 22.6 Å². The monoisotopic (exact) mass is 418 g/mol. The lowest BCUT2D eigenvalue weighted by Gasteiger charge is -2.23. The molecule has 2 amide bonds. The molecular weight excluding hydrogens is 392 g/mol. The van der Waals surface area contributed by atoms with Crippen molar-refractivity contribution in [2.75, 3.05) is 6.54 Å². The summed E-state index contributed by atoms with van der Waals surface area (Å²) in [5.41, 5.74) is 6.91. The first-order chi connectivity index (χ1) is 15.0. The number of hydrogen-bond donors (Lipinski definition) is 1.